The van der Waals surface area contributed by atoms with Gasteiger partial charge in [-0.15, -0.1) is 0 Å². The molecule has 0 saturated carbocycles. The summed E-state index contributed by atoms with van der Waals surface area (Å²) in [6.07, 6.45) is 2.96. The zero-order valence-corrected chi connectivity index (χ0v) is 9.92. The van der Waals surface area contributed by atoms with Crippen molar-refractivity contribution in [3.05, 3.63) is 48.3 Å². The Bertz CT molecular complexity index is 716. The highest BCUT2D eigenvalue weighted by Gasteiger charge is 2.11. The molecule has 2 aromatic heterocycles. The summed E-state index contributed by atoms with van der Waals surface area (Å²) in [5.41, 5.74) is 8.07. The molecule has 19 heavy (non-hydrogen) atoms. The molecule has 1 aromatic carbocycles. The van der Waals surface area contributed by atoms with Crippen LogP contribution in [0, 0.1) is 0 Å². The Labute approximate surface area is 108 Å². The fraction of sp³-hybridized carbons (Fsp3) is 0. The number of anilines is 2. The Kier molecular flexibility index (Phi) is 2.60. The number of imidazole rings is 1. The summed E-state index contributed by atoms with van der Waals surface area (Å²) >= 11 is 0. The van der Waals surface area contributed by atoms with E-state index in [2.05, 4.69) is 20.3 Å². The lowest BCUT2D eigenvalue weighted by atomic mass is 10.2. The first kappa shape index (κ1) is 11.2. The Morgan fingerprint density at radius 1 is 1.26 bits per heavy atom. The molecular formula is C13H11N5O. The van der Waals surface area contributed by atoms with E-state index in [4.69, 9.17) is 5.73 Å². The summed E-state index contributed by atoms with van der Waals surface area (Å²) in [6, 6.07) is 9.10. The van der Waals surface area contributed by atoms with Crippen LogP contribution in [0.25, 0.3) is 11.0 Å². The van der Waals surface area contributed by atoms with Crippen molar-refractivity contribution in [2.75, 3.05) is 11.1 Å². The van der Waals surface area contributed by atoms with Crippen LogP contribution < -0.4 is 11.1 Å². The van der Waals surface area contributed by atoms with Gasteiger partial charge in [-0.05, 0) is 18.2 Å². The van der Waals surface area contributed by atoms with E-state index in [0.29, 0.717) is 17.2 Å². The summed E-state index contributed by atoms with van der Waals surface area (Å²) in [5.74, 6) is 0.0408. The number of carbonyl (C=O) groups excluding carboxylic acids is 1. The molecule has 0 unspecified atom stereocenters. The van der Waals surface area contributed by atoms with E-state index in [1.54, 1.807) is 6.07 Å². The zero-order chi connectivity index (χ0) is 13.2. The molecule has 0 fully saturated rings. The predicted octanol–water partition coefficient (Wildman–Crippen LogP) is 1.79. The fourth-order valence-corrected chi connectivity index (χ4v) is 1.78. The van der Waals surface area contributed by atoms with Crippen LogP contribution in [0.15, 0.2) is 42.7 Å². The van der Waals surface area contributed by atoms with Crippen LogP contribution in [0.3, 0.4) is 0 Å². The summed E-state index contributed by atoms with van der Waals surface area (Å²) in [6.45, 7) is 0. The predicted molar refractivity (Wildman–Crippen MR) is 72.7 cm³/mol. The molecule has 4 N–H and O–H groups in total. The van der Waals surface area contributed by atoms with Crippen LogP contribution in [-0.2, 0) is 0 Å². The van der Waals surface area contributed by atoms with Crippen LogP contribution in [-0.4, -0.2) is 20.9 Å². The number of rotatable bonds is 2. The van der Waals surface area contributed by atoms with Gasteiger partial charge in [0, 0.05) is 18.1 Å². The second-order valence-electron chi connectivity index (χ2n) is 4.02. The van der Waals surface area contributed by atoms with Gasteiger partial charge < -0.3 is 10.7 Å². The summed E-state index contributed by atoms with van der Waals surface area (Å²) in [4.78, 5) is 23.2. The number of benzene rings is 1. The summed E-state index contributed by atoms with van der Waals surface area (Å²) < 4.78 is 0. The van der Waals surface area contributed by atoms with Crippen molar-refractivity contribution in [2.45, 2.75) is 0 Å². The topological polar surface area (TPSA) is 96.7 Å². The lowest BCUT2D eigenvalue weighted by Crippen LogP contribution is -2.15. The van der Waals surface area contributed by atoms with Crippen molar-refractivity contribution in [3.63, 3.8) is 0 Å². The molecule has 1 amide bonds. The minimum Gasteiger partial charge on any atom is -0.398 e. The van der Waals surface area contributed by atoms with E-state index in [-0.39, 0.29) is 5.91 Å². The largest absolute Gasteiger partial charge is 0.398 e. The number of nitrogen functional groups attached to an aromatic ring is 1. The van der Waals surface area contributed by atoms with Crippen LogP contribution in [0.1, 0.15) is 10.4 Å². The Morgan fingerprint density at radius 3 is 2.89 bits per heavy atom. The molecule has 0 saturated heterocycles. The van der Waals surface area contributed by atoms with Gasteiger partial charge in [0.15, 0.2) is 0 Å². The first-order valence-electron chi connectivity index (χ1n) is 5.69. The molecule has 0 aliphatic rings. The smallest absolute Gasteiger partial charge is 0.261 e. The Balaban J connectivity index is 1.89. The van der Waals surface area contributed by atoms with Crippen LogP contribution >= 0.6 is 0 Å². The number of pyridine rings is 1. The first-order valence-corrected chi connectivity index (χ1v) is 5.69. The monoisotopic (exact) mass is 253 g/mol. The molecule has 0 bridgehead atoms. The van der Waals surface area contributed by atoms with Crippen molar-refractivity contribution in [2.24, 2.45) is 0 Å². The van der Waals surface area contributed by atoms with Gasteiger partial charge in [0.05, 0.1) is 16.6 Å². The van der Waals surface area contributed by atoms with E-state index in [1.165, 1.54) is 12.4 Å². The molecule has 6 nitrogen and oxygen atoms in total. The van der Waals surface area contributed by atoms with Gasteiger partial charge >= 0.3 is 0 Å². The van der Waals surface area contributed by atoms with Gasteiger partial charge in [0.2, 0.25) is 5.95 Å². The second kappa shape index (κ2) is 4.41. The highest BCUT2D eigenvalue weighted by Crippen LogP contribution is 2.15. The Morgan fingerprint density at radius 2 is 2.11 bits per heavy atom. The molecule has 3 aromatic rings. The van der Waals surface area contributed by atoms with Crippen molar-refractivity contribution in [3.8, 4) is 0 Å². The van der Waals surface area contributed by atoms with Crippen molar-refractivity contribution >= 4 is 28.6 Å². The fourth-order valence-electron chi connectivity index (χ4n) is 1.78. The molecule has 0 radical (unpaired) electrons. The highest BCUT2D eigenvalue weighted by atomic mass is 16.1. The maximum Gasteiger partial charge on any atom is 0.261 e. The van der Waals surface area contributed by atoms with Crippen molar-refractivity contribution in [1.82, 2.24) is 15.0 Å². The minimum absolute atomic E-state index is 0.322. The quantitative estimate of drug-likeness (QED) is 0.648. The number of hydrogen-bond acceptors (Lipinski definition) is 4. The molecule has 0 aliphatic heterocycles. The number of aromatic amines is 1. The number of hydrogen-bond donors (Lipinski definition) is 3. The number of para-hydroxylation sites is 2. The molecule has 94 valence electrons. The first-order chi connectivity index (χ1) is 9.24. The van der Waals surface area contributed by atoms with E-state index < -0.39 is 0 Å². The van der Waals surface area contributed by atoms with Gasteiger partial charge in [0.1, 0.15) is 0 Å². The number of nitrogens with zero attached hydrogens (tertiary/aromatic N) is 2. The normalized spacial score (nSPS) is 10.5. The third kappa shape index (κ3) is 2.11. The van der Waals surface area contributed by atoms with E-state index in [1.807, 2.05) is 24.3 Å². The van der Waals surface area contributed by atoms with Crippen LogP contribution in [0.2, 0.25) is 0 Å². The van der Waals surface area contributed by atoms with Gasteiger partial charge in [-0.1, -0.05) is 12.1 Å². The second-order valence-corrected chi connectivity index (χ2v) is 4.02. The van der Waals surface area contributed by atoms with Gasteiger partial charge in [-0.3, -0.25) is 15.1 Å². The number of nitrogens with two attached hydrogens (primary N) is 1. The molecular weight excluding hydrogens is 242 g/mol. The third-order valence-electron chi connectivity index (χ3n) is 2.72. The van der Waals surface area contributed by atoms with Crippen LogP contribution in [0.4, 0.5) is 11.6 Å². The number of nitrogens with one attached hydrogen (secondary N) is 2. The highest BCUT2D eigenvalue weighted by molar-refractivity contribution is 6.07. The van der Waals surface area contributed by atoms with Crippen molar-refractivity contribution in [1.29, 1.82) is 0 Å². The van der Waals surface area contributed by atoms with Gasteiger partial charge in [-0.2, -0.15) is 0 Å². The zero-order valence-electron chi connectivity index (χ0n) is 9.92. The summed E-state index contributed by atoms with van der Waals surface area (Å²) in [7, 11) is 0. The van der Waals surface area contributed by atoms with E-state index in [0.717, 1.165) is 11.0 Å². The van der Waals surface area contributed by atoms with E-state index in [9.17, 15) is 4.79 Å². The molecule has 0 spiro atoms. The van der Waals surface area contributed by atoms with Gasteiger partial charge in [0.25, 0.3) is 5.91 Å². The maximum absolute atomic E-state index is 12.0. The molecule has 0 atom stereocenters. The SMILES string of the molecule is Nc1ccncc1C(=O)Nc1nc2ccccc2[nH]1. The Hall–Kier alpha value is -2.89. The van der Waals surface area contributed by atoms with Crippen molar-refractivity contribution < 1.29 is 4.79 Å². The number of carbonyl (C=O) groups is 1. The molecule has 0 aliphatic carbocycles. The molecule has 6 heteroatoms. The van der Waals surface area contributed by atoms with Crippen LogP contribution in [0.5, 0.6) is 0 Å². The standard InChI is InChI=1S/C13H11N5O/c14-9-5-6-15-7-8(9)12(19)18-13-16-10-3-1-2-4-11(10)17-13/h1-7H,(H2,14,15)(H2,16,17,18,19). The number of fused-ring (bicyclic) bond motifs is 1. The lowest BCUT2D eigenvalue weighted by Gasteiger charge is -2.03. The lowest BCUT2D eigenvalue weighted by molar-refractivity contribution is 0.102. The number of amides is 1. The maximum atomic E-state index is 12.0. The summed E-state index contributed by atoms with van der Waals surface area (Å²) in [5, 5.41) is 2.66. The number of H-pyrrole nitrogens is 1. The average molecular weight is 253 g/mol. The average Bonchev–Trinajstić information content (AvgIpc) is 2.81. The minimum atomic E-state index is -0.343. The number of aromatic nitrogens is 3. The molecule has 3 rings (SSSR count). The third-order valence-corrected chi connectivity index (χ3v) is 2.72. The molecule has 2 heterocycles. The van der Waals surface area contributed by atoms with Gasteiger partial charge in [-0.25, -0.2) is 4.98 Å². The van der Waals surface area contributed by atoms with E-state index >= 15 is 0 Å².